The van der Waals surface area contributed by atoms with Crippen molar-refractivity contribution < 1.29 is 4.74 Å². The molecule has 0 aliphatic carbocycles. The SMILES string of the molecule is CN1C2CCC1CC(Oc1ccccc1C#N)C2. The minimum absolute atomic E-state index is 0.271. The summed E-state index contributed by atoms with van der Waals surface area (Å²) in [5.74, 6) is 0.744. The van der Waals surface area contributed by atoms with Gasteiger partial charge in [-0.05, 0) is 44.9 Å². The summed E-state index contributed by atoms with van der Waals surface area (Å²) < 4.78 is 6.06. The van der Waals surface area contributed by atoms with Crippen molar-refractivity contribution in [2.75, 3.05) is 7.05 Å². The average molecular weight is 242 g/mol. The zero-order valence-corrected chi connectivity index (χ0v) is 10.7. The Morgan fingerprint density at radius 2 is 1.89 bits per heavy atom. The first-order valence-corrected chi connectivity index (χ1v) is 6.65. The third-order valence-electron chi connectivity index (χ3n) is 4.36. The Morgan fingerprint density at radius 3 is 2.56 bits per heavy atom. The molecule has 3 heteroatoms. The largest absolute Gasteiger partial charge is 0.489 e. The summed E-state index contributed by atoms with van der Waals surface area (Å²) >= 11 is 0. The maximum absolute atomic E-state index is 9.07. The molecule has 0 spiro atoms. The molecule has 0 amide bonds. The molecule has 2 saturated heterocycles. The van der Waals surface area contributed by atoms with Gasteiger partial charge in [0.2, 0.25) is 0 Å². The zero-order valence-electron chi connectivity index (χ0n) is 10.7. The van der Waals surface area contributed by atoms with Gasteiger partial charge in [-0.25, -0.2) is 0 Å². The van der Waals surface area contributed by atoms with E-state index in [0.717, 1.165) is 18.6 Å². The van der Waals surface area contributed by atoms with E-state index in [-0.39, 0.29) is 6.10 Å². The highest BCUT2D eigenvalue weighted by molar-refractivity contribution is 5.42. The van der Waals surface area contributed by atoms with Crippen LogP contribution in [0.2, 0.25) is 0 Å². The molecule has 18 heavy (non-hydrogen) atoms. The molecule has 2 unspecified atom stereocenters. The summed E-state index contributed by atoms with van der Waals surface area (Å²) in [5.41, 5.74) is 0.642. The van der Waals surface area contributed by atoms with Gasteiger partial charge in [-0.3, -0.25) is 0 Å². The second kappa shape index (κ2) is 4.62. The molecule has 2 bridgehead atoms. The van der Waals surface area contributed by atoms with Crippen molar-refractivity contribution >= 4 is 0 Å². The molecule has 0 saturated carbocycles. The van der Waals surface area contributed by atoms with Crippen molar-refractivity contribution in [1.82, 2.24) is 4.90 Å². The lowest BCUT2D eigenvalue weighted by molar-refractivity contribution is 0.0660. The van der Waals surface area contributed by atoms with E-state index in [1.807, 2.05) is 24.3 Å². The Bertz CT molecular complexity index is 466. The lowest BCUT2D eigenvalue weighted by atomic mass is 10.0. The normalized spacial score (nSPS) is 31.0. The molecule has 2 aliphatic heterocycles. The van der Waals surface area contributed by atoms with Crippen molar-refractivity contribution in [2.45, 2.75) is 43.9 Å². The van der Waals surface area contributed by atoms with Crippen molar-refractivity contribution in [2.24, 2.45) is 0 Å². The summed E-state index contributed by atoms with van der Waals surface area (Å²) in [6.07, 6.45) is 5.04. The van der Waals surface area contributed by atoms with Crippen LogP contribution in [0.25, 0.3) is 0 Å². The van der Waals surface area contributed by atoms with E-state index in [1.165, 1.54) is 12.8 Å². The monoisotopic (exact) mass is 242 g/mol. The van der Waals surface area contributed by atoms with Gasteiger partial charge in [0.1, 0.15) is 17.9 Å². The maximum Gasteiger partial charge on any atom is 0.137 e. The van der Waals surface area contributed by atoms with Crippen LogP contribution in [0.1, 0.15) is 31.2 Å². The highest BCUT2D eigenvalue weighted by Crippen LogP contribution is 2.36. The van der Waals surface area contributed by atoms with Crippen LogP contribution in [-0.4, -0.2) is 30.1 Å². The third kappa shape index (κ3) is 1.97. The number of nitriles is 1. The predicted octanol–water partition coefficient (Wildman–Crippen LogP) is 2.56. The molecule has 2 heterocycles. The predicted molar refractivity (Wildman–Crippen MR) is 69.4 cm³/mol. The first-order chi connectivity index (χ1) is 8.78. The first kappa shape index (κ1) is 11.6. The van der Waals surface area contributed by atoms with Crippen molar-refractivity contribution in [1.29, 1.82) is 5.26 Å². The van der Waals surface area contributed by atoms with Gasteiger partial charge in [0.15, 0.2) is 0 Å². The van der Waals surface area contributed by atoms with E-state index >= 15 is 0 Å². The molecule has 0 radical (unpaired) electrons. The van der Waals surface area contributed by atoms with Crippen molar-refractivity contribution in [3.63, 3.8) is 0 Å². The lowest BCUT2D eigenvalue weighted by Gasteiger charge is -2.36. The van der Waals surface area contributed by atoms with Crippen LogP contribution in [0.15, 0.2) is 24.3 Å². The number of nitrogens with zero attached hydrogens (tertiary/aromatic N) is 2. The summed E-state index contributed by atoms with van der Waals surface area (Å²) in [6.45, 7) is 0. The third-order valence-corrected chi connectivity index (χ3v) is 4.36. The molecular weight excluding hydrogens is 224 g/mol. The first-order valence-electron chi connectivity index (χ1n) is 6.65. The second-order valence-corrected chi connectivity index (χ2v) is 5.37. The average Bonchev–Trinajstić information content (AvgIpc) is 2.63. The van der Waals surface area contributed by atoms with E-state index in [1.54, 1.807) is 0 Å². The Labute approximate surface area is 108 Å². The van der Waals surface area contributed by atoms with Crippen LogP contribution < -0.4 is 4.74 Å². The Kier molecular flexibility index (Phi) is 2.97. The number of ether oxygens (including phenoxy) is 1. The van der Waals surface area contributed by atoms with Gasteiger partial charge in [-0.2, -0.15) is 5.26 Å². The van der Waals surface area contributed by atoms with E-state index in [0.29, 0.717) is 17.6 Å². The van der Waals surface area contributed by atoms with Crippen molar-refractivity contribution in [3.8, 4) is 11.8 Å². The van der Waals surface area contributed by atoms with Gasteiger partial charge >= 0.3 is 0 Å². The molecule has 2 atom stereocenters. The van der Waals surface area contributed by atoms with Gasteiger partial charge < -0.3 is 9.64 Å². The second-order valence-electron chi connectivity index (χ2n) is 5.37. The Balaban J connectivity index is 1.73. The van der Waals surface area contributed by atoms with Crippen LogP contribution in [0.5, 0.6) is 5.75 Å². The maximum atomic E-state index is 9.07. The topological polar surface area (TPSA) is 36.3 Å². The zero-order chi connectivity index (χ0) is 12.5. The van der Waals surface area contributed by atoms with Crippen LogP contribution in [0.4, 0.5) is 0 Å². The molecule has 2 fully saturated rings. The minimum Gasteiger partial charge on any atom is -0.489 e. The summed E-state index contributed by atoms with van der Waals surface area (Å²) in [5, 5.41) is 9.07. The number of piperidine rings is 1. The van der Waals surface area contributed by atoms with Crippen LogP contribution in [-0.2, 0) is 0 Å². The fraction of sp³-hybridized carbons (Fsp3) is 0.533. The molecule has 1 aromatic rings. The number of hydrogen-bond acceptors (Lipinski definition) is 3. The molecule has 1 aromatic carbocycles. The van der Waals surface area contributed by atoms with Gasteiger partial charge in [-0.1, -0.05) is 12.1 Å². The van der Waals surface area contributed by atoms with Gasteiger partial charge in [0.25, 0.3) is 0 Å². The van der Waals surface area contributed by atoms with E-state index in [4.69, 9.17) is 10.00 Å². The molecule has 0 aromatic heterocycles. The number of para-hydroxylation sites is 1. The fourth-order valence-corrected chi connectivity index (χ4v) is 3.30. The highest BCUT2D eigenvalue weighted by atomic mass is 16.5. The molecule has 94 valence electrons. The summed E-state index contributed by atoms with van der Waals surface area (Å²) in [6, 6.07) is 11.1. The highest BCUT2D eigenvalue weighted by Gasteiger charge is 2.39. The van der Waals surface area contributed by atoms with Crippen LogP contribution in [0.3, 0.4) is 0 Å². The van der Waals surface area contributed by atoms with Gasteiger partial charge in [-0.15, -0.1) is 0 Å². The van der Waals surface area contributed by atoms with E-state index in [9.17, 15) is 0 Å². The van der Waals surface area contributed by atoms with Crippen molar-refractivity contribution in [3.05, 3.63) is 29.8 Å². The number of hydrogen-bond donors (Lipinski definition) is 0. The quantitative estimate of drug-likeness (QED) is 0.799. The smallest absolute Gasteiger partial charge is 0.137 e. The lowest BCUT2D eigenvalue weighted by Crippen LogP contribution is -2.43. The number of benzene rings is 1. The summed E-state index contributed by atoms with van der Waals surface area (Å²) in [4.78, 5) is 2.50. The minimum atomic E-state index is 0.271. The molecule has 2 aliphatic rings. The number of fused-ring (bicyclic) bond motifs is 2. The van der Waals surface area contributed by atoms with Crippen LogP contribution >= 0.6 is 0 Å². The number of rotatable bonds is 2. The van der Waals surface area contributed by atoms with E-state index < -0.39 is 0 Å². The Morgan fingerprint density at radius 1 is 1.22 bits per heavy atom. The molecule has 0 N–H and O–H groups in total. The fourth-order valence-electron chi connectivity index (χ4n) is 3.30. The summed E-state index contributed by atoms with van der Waals surface area (Å²) in [7, 11) is 2.22. The molecule has 3 nitrogen and oxygen atoms in total. The standard InChI is InChI=1S/C15H18N2O/c1-17-12-6-7-13(17)9-14(8-12)18-15-5-3-2-4-11(15)10-16/h2-5,12-14H,6-9H2,1H3. The Hall–Kier alpha value is -1.53. The molecule has 3 rings (SSSR count). The van der Waals surface area contributed by atoms with Crippen LogP contribution in [0, 0.1) is 11.3 Å². The molecular formula is C15H18N2O. The van der Waals surface area contributed by atoms with Gasteiger partial charge in [0.05, 0.1) is 5.56 Å². The van der Waals surface area contributed by atoms with Gasteiger partial charge in [0, 0.05) is 12.1 Å². The van der Waals surface area contributed by atoms with E-state index in [2.05, 4.69) is 18.0 Å².